The van der Waals surface area contributed by atoms with Gasteiger partial charge in [-0.25, -0.2) is 5.48 Å². The number of aromatic nitrogens is 1. The van der Waals surface area contributed by atoms with Crippen molar-refractivity contribution >= 4 is 28.6 Å². The molecule has 3 aromatic rings. The number of rotatable bonds is 8. The van der Waals surface area contributed by atoms with Crippen LogP contribution in [-0.4, -0.2) is 21.8 Å². The lowest BCUT2D eigenvalue weighted by Crippen LogP contribution is -2.18. The predicted molar refractivity (Wildman–Crippen MR) is 113 cm³/mol. The van der Waals surface area contributed by atoms with Crippen molar-refractivity contribution in [1.82, 2.24) is 10.5 Å². The van der Waals surface area contributed by atoms with Crippen molar-refractivity contribution in [3.05, 3.63) is 77.5 Å². The maximum absolute atomic E-state index is 11.0. The average Bonchev–Trinajstić information content (AvgIpc) is 3.14. The summed E-state index contributed by atoms with van der Waals surface area (Å²) in [6.07, 6.45) is 7.36. The number of hydroxylamine groups is 1. The zero-order chi connectivity index (χ0) is 19.9. The van der Waals surface area contributed by atoms with E-state index in [0.717, 1.165) is 35.2 Å². The van der Waals surface area contributed by atoms with Crippen LogP contribution in [0.5, 0.6) is 0 Å². The molecule has 0 bridgehead atoms. The van der Waals surface area contributed by atoms with Crippen LogP contribution in [0.25, 0.3) is 17.0 Å². The Hall–Kier alpha value is -3.18. The smallest absolute Gasteiger partial charge is 0.267 e. The first kappa shape index (κ1) is 19.6. The monoisotopic (exact) mass is 375 g/mol. The maximum atomic E-state index is 11.0. The van der Waals surface area contributed by atoms with E-state index in [1.807, 2.05) is 36.4 Å². The molecule has 0 radical (unpaired) electrons. The van der Waals surface area contributed by atoms with E-state index in [0.29, 0.717) is 6.42 Å². The molecule has 5 nitrogen and oxygen atoms in total. The molecule has 144 valence electrons. The number of H-pyrrole nitrogens is 1. The van der Waals surface area contributed by atoms with Gasteiger partial charge in [0.15, 0.2) is 0 Å². The molecule has 4 N–H and O–H groups in total. The van der Waals surface area contributed by atoms with Crippen LogP contribution in [0.15, 0.2) is 60.8 Å². The number of carbonyl (C=O) groups excluding carboxylic acids is 1. The Kier molecular flexibility index (Phi) is 6.40. The van der Waals surface area contributed by atoms with Gasteiger partial charge in [0.1, 0.15) is 0 Å². The van der Waals surface area contributed by atoms with E-state index >= 15 is 0 Å². The Morgan fingerprint density at radius 2 is 1.96 bits per heavy atom. The van der Waals surface area contributed by atoms with Crippen LogP contribution in [-0.2, 0) is 17.6 Å². The highest BCUT2D eigenvalue weighted by atomic mass is 16.5. The molecule has 2 aromatic carbocycles. The Morgan fingerprint density at radius 1 is 1.21 bits per heavy atom. The number of nitrogens with one attached hydrogen (secondary N) is 3. The SMILES string of the molecule is CC[C@@H](Cc1c[nH]c2ccccc12)C(=N)Cc1ccc(C=CC(=O)NO)cc1. The van der Waals surface area contributed by atoms with Gasteiger partial charge in [-0.3, -0.25) is 10.0 Å². The van der Waals surface area contributed by atoms with Gasteiger partial charge in [0, 0.05) is 41.2 Å². The molecular formula is C23H25N3O2. The van der Waals surface area contributed by atoms with Gasteiger partial charge >= 0.3 is 0 Å². The van der Waals surface area contributed by atoms with Gasteiger partial charge in [-0.05, 0) is 41.7 Å². The molecule has 28 heavy (non-hydrogen) atoms. The van der Waals surface area contributed by atoms with Gasteiger partial charge in [-0.1, -0.05) is 49.4 Å². The molecule has 0 saturated heterocycles. The van der Waals surface area contributed by atoms with E-state index in [9.17, 15) is 4.79 Å². The quantitative estimate of drug-likeness (QED) is 0.202. The van der Waals surface area contributed by atoms with E-state index in [-0.39, 0.29) is 5.92 Å². The summed E-state index contributed by atoms with van der Waals surface area (Å²) in [5.74, 6) is -0.360. The van der Waals surface area contributed by atoms with Crippen LogP contribution >= 0.6 is 0 Å². The lowest BCUT2D eigenvalue weighted by atomic mass is 9.89. The molecule has 1 heterocycles. The molecule has 1 aromatic heterocycles. The first-order chi connectivity index (χ1) is 13.6. The van der Waals surface area contributed by atoms with Crippen molar-refractivity contribution in [2.24, 2.45) is 5.92 Å². The minimum absolute atomic E-state index is 0.201. The topological polar surface area (TPSA) is 89.0 Å². The lowest BCUT2D eigenvalue weighted by molar-refractivity contribution is -0.124. The van der Waals surface area contributed by atoms with Crippen LogP contribution in [0.2, 0.25) is 0 Å². The molecule has 5 heteroatoms. The summed E-state index contributed by atoms with van der Waals surface area (Å²) in [6.45, 7) is 2.13. The molecule has 0 aliphatic rings. The summed E-state index contributed by atoms with van der Waals surface area (Å²) in [5, 5.41) is 18.3. The molecular weight excluding hydrogens is 350 g/mol. The third-order valence-electron chi connectivity index (χ3n) is 5.04. The molecule has 0 aliphatic carbocycles. The molecule has 0 spiro atoms. The second kappa shape index (κ2) is 9.15. The number of carbonyl (C=O) groups is 1. The van der Waals surface area contributed by atoms with Crippen LogP contribution in [0, 0.1) is 11.3 Å². The number of aromatic amines is 1. The van der Waals surface area contributed by atoms with Gasteiger partial charge in [0.2, 0.25) is 0 Å². The van der Waals surface area contributed by atoms with Gasteiger partial charge < -0.3 is 10.4 Å². The lowest BCUT2D eigenvalue weighted by Gasteiger charge is -2.16. The number of para-hydroxylation sites is 1. The number of fused-ring (bicyclic) bond motifs is 1. The van der Waals surface area contributed by atoms with Gasteiger partial charge in [-0.15, -0.1) is 0 Å². The molecule has 3 rings (SSSR count). The van der Waals surface area contributed by atoms with Crippen LogP contribution in [0.1, 0.15) is 30.0 Å². The van der Waals surface area contributed by atoms with E-state index in [1.54, 1.807) is 11.6 Å². The van der Waals surface area contributed by atoms with Crippen molar-refractivity contribution in [3.63, 3.8) is 0 Å². The largest absolute Gasteiger partial charge is 0.361 e. The first-order valence-electron chi connectivity index (χ1n) is 9.44. The zero-order valence-corrected chi connectivity index (χ0v) is 15.9. The van der Waals surface area contributed by atoms with Crippen LogP contribution in [0.3, 0.4) is 0 Å². The Bertz CT molecular complexity index is 987. The molecule has 0 fully saturated rings. The predicted octanol–water partition coefficient (Wildman–Crippen LogP) is 4.52. The highest BCUT2D eigenvalue weighted by molar-refractivity contribution is 5.91. The summed E-state index contributed by atoms with van der Waals surface area (Å²) in [7, 11) is 0. The van der Waals surface area contributed by atoms with Crippen molar-refractivity contribution in [2.45, 2.75) is 26.2 Å². The second-order valence-electron chi connectivity index (χ2n) is 6.92. The average molecular weight is 375 g/mol. The minimum Gasteiger partial charge on any atom is -0.361 e. The van der Waals surface area contributed by atoms with Crippen molar-refractivity contribution in [3.8, 4) is 0 Å². The minimum atomic E-state index is -0.561. The number of hydrogen-bond acceptors (Lipinski definition) is 3. The molecule has 1 amide bonds. The van der Waals surface area contributed by atoms with Crippen LogP contribution < -0.4 is 5.48 Å². The molecule has 0 aliphatic heterocycles. The van der Waals surface area contributed by atoms with Crippen LogP contribution in [0.4, 0.5) is 0 Å². The summed E-state index contributed by atoms with van der Waals surface area (Å²) in [5.41, 5.74) is 6.63. The summed E-state index contributed by atoms with van der Waals surface area (Å²) >= 11 is 0. The Balaban J connectivity index is 1.65. The molecule has 1 atom stereocenters. The summed E-state index contributed by atoms with van der Waals surface area (Å²) < 4.78 is 0. The third-order valence-corrected chi connectivity index (χ3v) is 5.04. The number of benzene rings is 2. The number of amides is 1. The standard InChI is InChI=1S/C23H25N3O2/c1-2-18(14-19-15-25-22-6-4-3-5-20(19)22)21(24)13-17-9-7-16(8-10-17)11-12-23(27)26-28/h3-12,15,18,24-25,28H,2,13-14H2,1H3,(H,26,27)/t18-/m0/s1. The second-order valence-corrected chi connectivity index (χ2v) is 6.92. The fourth-order valence-electron chi connectivity index (χ4n) is 3.40. The van der Waals surface area contributed by atoms with E-state index in [1.165, 1.54) is 17.0 Å². The normalized spacial score (nSPS) is 12.4. The van der Waals surface area contributed by atoms with Gasteiger partial charge in [0.25, 0.3) is 5.91 Å². The van der Waals surface area contributed by atoms with E-state index < -0.39 is 5.91 Å². The third kappa shape index (κ3) is 4.75. The van der Waals surface area contributed by atoms with Gasteiger partial charge in [0.05, 0.1) is 0 Å². The molecule has 0 saturated carbocycles. The fourth-order valence-corrected chi connectivity index (χ4v) is 3.40. The van der Waals surface area contributed by atoms with Crippen molar-refractivity contribution in [1.29, 1.82) is 5.41 Å². The zero-order valence-electron chi connectivity index (χ0n) is 15.9. The molecule has 0 unspecified atom stereocenters. The highest BCUT2D eigenvalue weighted by Gasteiger charge is 2.16. The highest BCUT2D eigenvalue weighted by Crippen LogP contribution is 2.23. The fraction of sp³-hybridized carbons (Fsp3) is 0.217. The summed E-state index contributed by atoms with van der Waals surface area (Å²) in [4.78, 5) is 14.4. The van der Waals surface area contributed by atoms with Gasteiger partial charge in [-0.2, -0.15) is 0 Å². The Labute approximate surface area is 164 Å². The van der Waals surface area contributed by atoms with E-state index in [2.05, 4.69) is 30.2 Å². The van der Waals surface area contributed by atoms with E-state index in [4.69, 9.17) is 10.6 Å². The summed E-state index contributed by atoms with van der Waals surface area (Å²) in [6, 6.07) is 16.0. The van der Waals surface area contributed by atoms with Crippen molar-refractivity contribution in [2.75, 3.05) is 0 Å². The Morgan fingerprint density at radius 3 is 2.68 bits per heavy atom. The number of hydrogen-bond donors (Lipinski definition) is 4. The first-order valence-corrected chi connectivity index (χ1v) is 9.44. The van der Waals surface area contributed by atoms with Crippen molar-refractivity contribution < 1.29 is 10.0 Å². The maximum Gasteiger partial charge on any atom is 0.267 e.